The van der Waals surface area contributed by atoms with Crippen molar-refractivity contribution in [1.29, 1.82) is 0 Å². The highest BCUT2D eigenvalue weighted by molar-refractivity contribution is 8.00. The first-order valence-corrected chi connectivity index (χ1v) is 12.4. The van der Waals surface area contributed by atoms with Crippen LogP contribution in [0.4, 0.5) is 0 Å². The predicted molar refractivity (Wildman–Crippen MR) is 130 cm³/mol. The van der Waals surface area contributed by atoms with Crippen molar-refractivity contribution < 1.29 is 4.79 Å². The van der Waals surface area contributed by atoms with Gasteiger partial charge in [0.15, 0.2) is 5.16 Å². The van der Waals surface area contributed by atoms with Gasteiger partial charge in [0.1, 0.15) is 4.83 Å². The average molecular weight is 454 g/mol. The lowest BCUT2D eigenvalue weighted by atomic mass is 10.1. The van der Waals surface area contributed by atoms with Gasteiger partial charge in [-0.05, 0) is 32.3 Å². The minimum atomic E-state index is -0.336. The highest BCUT2D eigenvalue weighted by Gasteiger charge is 2.24. The van der Waals surface area contributed by atoms with E-state index in [9.17, 15) is 9.59 Å². The van der Waals surface area contributed by atoms with Crippen LogP contribution in [-0.2, 0) is 11.3 Å². The number of hydrogen-bond donors (Lipinski definition) is 1. The second-order valence-corrected chi connectivity index (χ2v) is 10.2. The Hall–Kier alpha value is -2.38. The zero-order valence-corrected chi connectivity index (χ0v) is 19.5. The molecule has 1 fully saturated rings. The quantitative estimate of drug-likeness (QED) is 0.305. The van der Waals surface area contributed by atoms with Crippen molar-refractivity contribution in [2.45, 2.75) is 62.5 Å². The van der Waals surface area contributed by atoms with E-state index in [-0.39, 0.29) is 22.8 Å². The van der Waals surface area contributed by atoms with Crippen molar-refractivity contribution in [2.24, 2.45) is 0 Å². The van der Waals surface area contributed by atoms with E-state index >= 15 is 0 Å². The van der Waals surface area contributed by atoms with Crippen molar-refractivity contribution in [3.8, 4) is 11.1 Å². The molecular formula is C24H27N3O2S2. The maximum Gasteiger partial charge on any atom is 0.263 e. The monoisotopic (exact) mass is 453 g/mol. The topological polar surface area (TPSA) is 64.0 Å². The van der Waals surface area contributed by atoms with E-state index in [0.29, 0.717) is 21.9 Å². The first kappa shape index (κ1) is 21.8. The number of hydrogen-bond acceptors (Lipinski definition) is 5. The molecule has 1 saturated carbocycles. The molecule has 4 rings (SSSR count). The van der Waals surface area contributed by atoms with E-state index in [1.54, 1.807) is 10.6 Å². The Labute approximate surface area is 190 Å². The van der Waals surface area contributed by atoms with Crippen LogP contribution in [0.5, 0.6) is 0 Å². The van der Waals surface area contributed by atoms with Crippen LogP contribution in [-0.4, -0.2) is 26.8 Å². The third-order valence-electron chi connectivity index (χ3n) is 5.69. The number of aryl methyl sites for hydroxylation is 1. The van der Waals surface area contributed by atoms with Gasteiger partial charge in [-0.2, -0.15) is 0 Å². The van der Waals surface area contributed by atoms with Gasteiger partial charge in [-0.3, -0.25) is 14.2 Å². The fourth-order valence-corrected chi connectivity index (χ4v) is 5.85. The molecule has 0 spiro atoms. The lowest BCUT2D eigenvalue weighted by molar-refractivity contribution is -0.120. The van der Waals surface area contributed by atoms with Crippen molar-refractivity contribution >= 4 is 39.2 Å². The molecule has 0 radical (unpaired) electrons. The number of thiophene rings is 1. The molecule has 1 aromatic carbocycles. The van der Waals surface area contributed by atoms with Gasteiger partial charge in [0, 0.05) is 23.5 Å². The first-order chi connectivity index (χ1) is 15.0. The fourth-order valence-electron chi connectivity index (χ4n) is 3.93. The summed E-state index contributed by atoms with van der Waals surface area (Å²) < 4.78 is 1.63. The smallest absolute Gasteiger partial charge is 0.263 e. The number of allylic oxidation sites excluding steroid dienone is 1. The van der Waals surface area contributed by atoms with Crippen molar-refractivity contribution in [3.05, 3.63) is 58.2 Å². The van der Waals surface area contributed by atoms with Gasteiger partial charge in [-0.25, -0.2) is 4.98 Å². The summed E-state index contributed by atoms with van der Waals surface area (Å²) in [5.74, 6) is 0.00271. The number of carbonyl (C=O) groups is 1. The molecule has 1 N–H and O–H groups in total. The minimum absolute atomic E-state index is 0.00271. The van der Waals surface area contributed by atoms with E-state index < -0.39 is 0 Å². The zero-order valence-electron chi connectivity index (χ0n) is 17.9. The Bertz CT molecular complexity index is 1160. The normalized spacial score (nSPS) is 15.3. The first-order valence-electron chi connectivity index (χ1n) is 10.6. The molecule has 1 aliphatic rings. The predicted octanol–water partition coefficient (Wildman–Crippen LogP) is 5.16. The Kier molecular flexibility index (Phi) is 6.62. The minimum Gasteiger partial charge on any atom is -0.352 e. The number of nitrogens with zero attached hydrogens (tertiary/aromatic N) is 2. The Morgan fingerprint density at radius 3 is 2.74 bits per heavy atom. The van der Waals surface area contributed by atoms with E-state index in [2.05, 4.69) is 11.9 Å². The van der Waals surface area contributed by atoms with E-state index in [1.165, 1.54) is 41.5 Å². The molecule has 5 nitrogen and oxygen atoms in total. The van der Waals surface area contributed by atoms with Gasteiger partial charge in [0.05, 0.1) is 10.6 Å². The number of aromatic nitrogens is 2. The molecular weight excluding hydrogens is 426 g/mol. The molecule has 1 amide bonds. The summed E-state index contributed by atoms with van der Waals surface area (Å²) in [5, 5.41) is 5.98. The maximum atomic E-state index is 13.5. The van der Waals surface area contributed by atoms with Gasteiger partial charge in [0.2, 0.25) is 5.91 Å². The van der Waals surface area contributed by atoms with Crippen LogP contribution in [0.2, 0.25) is 0 Å². The van der Waals surface area contributed by atoms with Crippen molar-refractivity contribution in [1.82, 2.24) is 14.9 Å². The number of nitrogens with one attached hydrogen (secondary N) is 1. The van der Waals surface area contributed by atoms with Crippen LogP contribution in [0.1, 0.15) is 38.2 Å². The molecule has 31 heavy (non-hydrogen) atoms. The molecule has 1 aliphatic carbocycles. The van der Waals surface area contributed by atoms with Crippen LogP contribution in [0.15, 0.2) is 52.3 Å². The van der Waals surface area contributed by atoms with E-state index in [0.717, 1.165) is 24.0 Å². The summed E-state index contributed by atoms with van der Waals surface area (Å²) in [6.07, 6.45) is 6.13. The summed E-state index contributed by atoms with van der Waals surface area (Å²) in [4.78, 5) is 31.6. The molecule has 7 heteroatoms. The average Bonchev–Trinajstić information content (AvgIpc) is 3.41. The molecule has 1 unspecified atom stereocenters. The van der Waals surface area contributed by atoms with Gasteiger partial charge in [-0.15, -0.1) is 17.9 Å². The summed E-state index contributed by atoms with van der Waals surface area (Å²) in [5.41, 5.74) is 2.99. The van der Waals surface area contributed by atoms with Crippen LogP contribution in [0.25, 0.3) is 21.3 Å². The van der Waals surface area contributed by atoms with Gasteiger partial charge < -0.3 is 5.32 Å². The van der Waals surface area contributed by atoms with Crippen LogP contribution in [0, 0.1) is 6.92 Å². The summed E-state index contributed by atoms with van der Waals surface area (Å²) >= 11 is 2.80. The Balaban J connectivity index is 1.68. The number of rotatable bonds is 7. The van der Waals surface area contributed by atoms with Crippen LogP contribution >= 0.6 is 23.1 Å². The second-order valence-electron chi connectivity index (χ2n) is 8.04. The second kappa shape index (κ2) is 9.40. The van der Waals surface area contributed by atoms with Gasteiger partial charge in [-0.1, -0.05) is 60.5 Å². The maximum absolute atomic E-state index is 13.5. The third-order valence-corrected chi connectivity index (χ3v) is 7.65. The number of fused-ring (bicyclic) bond motifs is 1. The zero-order chi connectivity index (χ0) is 22.0. The fraction of sp³-hybridized carbons (Fsp3) is 0.375. The number of amides is 1. The number of benzene rings is 1. The number of carbonyl (C=O) groups excluding carboxylic acids is 1. The highest BCUT2D eigenvalue weighted by atomic mass is 32.2. The van der Waals surface area contributed by atoms with E-state index in [4.69, 9.17) is 4.98 Å². The van der Waals surface area contributed by atoms with Gasteiger partial charge in [0.25, 0.3) is 5.56 Å². The molecule has 1 atom stereocenters. The Morgan fingerprint density at radius 1 is 1.35 bits per heavy atom. The Morgan fingerprint density at radius 2 is 2.06 bits per heavy atom. The summed E-state index contributed by atoms with van der Waals surface area (Å²) in [6, 6.07) is 8.43. The number of thioether (sulfide) groups is 1. The summed E-state index contributed by atoms with van der Waals surface area (Å²) in [6.45, 7) is 8.07. The SMILES string of the molecule is C=CCn1c(SC(C)C(=O)NC2CCCC2)nc2scc(-c3ccc(C)cc3)c2c1=O. The molecule has 162 valence electrons. The standard InChI is InChI=1S/C24H27N3O2S2/c1-4-13-27-23(29)20-19(17-11-9-15(2)10-12-17)14-30-22(20)26-24(27)31-16(3)21(28)25-18-7-5-6-8-18/h4,9-12,14,16,18H,1,5-8,13H2,2-3H3,(H,25,28). The van der Waals surface area contributed by atoms with Crippen molar-refractivity contribution in [3.63, 3.8) is 0 Å². The van der Waals surface area contributed by atoms with Crippen LogP contribution < -0.4 is 10.9 Å². The largest absolute Gasteiger partial charge is 0.352 e. The molecule has 0 saturated heterocycles. The van der Waals surface area contributed by atoms with Gasteiger partial charge >= 0.3 is 0 Å². The van der Waals surface area contributed by atoms with Crippen molar-refractivity contribution in [2.75, 3.05) is 0 Å². The molecule has 0 aliphatic heterocycles. The highest BCUT2D eigenvalue weighted by Crippen LogP contribution is 2.33. The lowest BCUT2D eigenvalue weighted by Crippen LogP contribution is -2.38. The lowest BCUT2D eigenvalue weighted by Gasteiger charge is -2.17. The molecule has 2 heterocycles. The van der Waals surface area contributed by atoms with E-state index in [1.807, 2.05) is 43.5 Å². The molecule has 0 bridgehead atoms. The van der Waals surface area contributed by atoms with Crippen LogP contribution in [0.3, 0.4) is 0 Å². The molecule has 2 aromatic heterocycles. The summed E-state index contributed by atoms with van der Waals surface area (Å²) in [7, 11) is 0. The molecule has 3 aromatic rings. The third kappa shape index (κ3) is 4.62.